The summed E-state index contributed by atoms with van der Waals surface area (Å²) in [6.07, 6.45) is 0.438. The maximum atomic E-state index is 11.4. The zero-order chi connectivity index (χ0) is 12.4. The molecule has 0 aliphatic carbocycles. The average Bonchev–Trinajstić information content (AvgIpc) is 2.59. The van der Waals surface area contributed by atoms with Crippen molar-refractivity contribution in [3.63, 3.8) is 0 Å². The molecule has 1 aliphatic heterocycles. The standard InChI is InChI=1S/C12H13Cl2NO2/c13-10-2-1-8(5-11(10)14)3-4-15-7-9(16)6-12(15)17/h1-2,5,9,16H,3-4,6-7H2. The largest absolute Gasteiger partial charge is 0.391 e. The van der Waals surface area contributed by atoms with Gasteiger partial charge in [-0.05, 0) is 24.1 Å². The number of rotatable bonds is 3. The average molecular weight is 274 g/mol. The Hall–Kier alpha value is -0.770. The fourth-order valence-electron chi connectivity index (χ4n) is 1.93. The van der Waals surface area contributed by atoms with Crippen molar-refractivity contribution >= 4 is 29.1 Å². The van der Waals surface area contributed by atoms with Crippen molar-refractivity contribution in [2.45, 2.75) is 18.9 Å². The molecule has 1 amide bonds. The van der Waals surface area contributed by atoms with Crippen LogP contribution in [0.3, 0.4) is 0 Å². The number of halogens is 2. The SMILES string of the molecule is O=C1CC(O)CN1CCc1ccc(Cl)c(Cl)c1. The maximum Gasteiger partial charge on any atom is 0.225 e. The Bertz CT molecular complexity index is 437. The molecule has 1 aromatic carbocycles. The minimum Gasteiger partial charge on any atom is -0.391 e. The van der Waals surface area contributed by atoms with Gasteiger partial charge in [-0.2, -0.15) is 0 Å². The number of nitrogens with zero attached hydrogens (tertiary/aromatic N) is 1. The Kier molecular flexibility index (Phi) is 3.92. The van der Waals surface area contributed by atoms with Crippen molar-refractivity contribution < 1.29 is 9.90 Å². The van der Waals surface area contributed by atoms with Gasteiger partial charge in [-0.3, -0.25) is 4.79 Å². The molecule has 0 aromatic heterocycles. The van der Waals surface area contributed by atoms with Crippen LogP contribution in [0.5, 0.6) is 0 Å². The van der Waals surface area contributed by atoms with Gasteiger partial charge in [0.2, 0.25) is 5.91 Å². The predicted octanol–water partition coefficient (Wildman–Crippen LogP) is 2.13. The van der Waals surface area contributed by atoms with Crippen molar-refractivity contribution in [3.05, 3.63) is 33.8 Å². The van der Waals surface area contributed by atoms with Crippen LogP contribution < -0.4 is 0 Å². The number of aliphatic hydroxyl groups is 1. The number of carbonyl (C=O) groups is 1. The lowest BCUT2D eigenvalue weighted by atomic mass is 10.1. The molecular formula is C12H13Cl2NO2. The number of likely N-dealkylation sites (tertiary alicyclic amines) is 1. The molecule has 92 valence electrons. The molecule has 2 rings (SSSR count). The third-order valence-electron chi connectivity index (χ3n) is 2.85. The number of β-amino-alcohol motifs (C(OH)–C–C–N with tert-alkyl or cyclic N) is 1. The van der Waals surface area contributed by atoms with E-state index in [1.165, 1.54) is 0 Å². The molecule has 1 fully saturated rings. The number of amides is 1. The number of aliphatic hydroxyl groups excluding tert-OH is 1. The minimum absolute atomic E-state index is 0.0116. The van der Waals surface area contributed by atoms with E-state index in [1.807, 2.05) is 6.07 Å². The molecule has 3 nitrogen and oxygen atoms in total. The number of benzene rings is 1. The van der Waals surface area contributed by atoms with E-state index in [1.54, 1.807) is 17.0 Å². The molecule has 1 heterocycles. The molecule has 0 spiro atoms. The van der Waals surface area contributed by atoms with Crippen molar-refractivity contribution in [2.24, 2.45) is 0 Å². The van der Waals surface area contributed by atoms with Crippen LogP contribution >= 0.6 is 23.2 Å². The summed E-state index contributed by atoms with van der Waals surface area (Å²) in [4.78, 5) is 13.1. The lowest BCUT2D eigenvalue weighted by Crippen LogP contribution is -2.28. The molecule has 1 aromatic rings. The highest BCUT2D eigenvalue weighted by atomic mass is 35.5. The zero-order valence-corrected chi connectivity index (χ0v) is 10.7. The molecule has 1 unspecified atom stereocenters. The van der Waals surface area contributed by atoms with Crippen LogP contribution in [-0.2, 0) is 11.2 Å². The van der Waals surface area contributed by atoms with Gasteiger partial charge in [0.05, 0.1) is 22.6 Å². The monoisotopic (exact) mass is 273 g/mol. The van der Waals surface area contributed by atoms with Gasteiger partial charge >= 0.3 is 0 Å². The van der Waals surface area contributed by atoms with Crippen LogP contribution in [0.4, 0.5) is 0 Å². The van der Waals surface area contributed by atoms with Crippen molar-refractivity contribution in [1.82, 2.24) is 4.90 Å². The number of hydrogen-bond donors (Lipinski definition) is 1. The van der Waals surface area contributed by atoms with Crippen LogP contribution in [-0.4, -0.2) is 35.1 Å². The summed E-state index contributed by atoms with van der Waals surface area (Å²) >= 11 is 11.7. The van der Waals surface area contributed by atoms with Crippen molar-refractivity contribution in [2.75, 3.05) is 13.1 Å². The second-order valence-electron chi connectivity index (χ2n) is 4.20. The van der Waals surface area contributed by atoms with Gasteiger partial charge in [-0.1, -0.05) is 29.3 Å². The highest BCUT2D eigenvalue weighted by Gasteiger charge is 2.27. The quantitative estimate of drug-likeness (QED) is 0.917. The Balaban J connectivity index is 1.94. The second-order valence-corrected chi connectivity index (χ2v) is 5.01. The molecule has 17 heavy (non-hydrogen) atoms. The van der Waals surface area contributed by atoms with E-state index in [-0.39, 0.29) is 12.3 Å². The smallest absolute Gasteiger partial charge is 0.225 e. The van der Waals surface area contributed by atoms with E-state index in [9.17, 15) is 9.90 Å². The zero-order valence-electron chi connectivity index (χ0n) is 9.20. The lowest BCUT2D eigenvalue weighted by Gasteiger charge is -2.15. The maximum absolute atomic E-state index is 11.4. The first-order valence-corrected chi connectivity index (χ1v) is 6.21. The van der Waals surface area contributed by atoms with E-state index in [0.29, 0.717) is 23.1 Å². The highest BCUT2D eigenvalue weighted by molar-refractivity contribution is 6.42. The Morgan fingerprint density at radius 1 is 1.35 bits per heavy atom. The summed E-state index contributed by atoms with van der Waals surface area (Å²) in [5.74, 6) is 0.0116. The van der Waals surface area contributed by atoms with Crippen LogP contribution in [0.15, 0.2) is 18.2 Å². The summed E-state index contributed by atoms with van der Waals surface area (Å²) in [6.45, 7) is 1.04. The van der Waals surface area contributed by atoms with Gasteiger partial charge in [0.25, 0.3) is 0 Å². The highest BCUT2D eigenvalue weighted by Crippen LogP contribution is 2.23. The molecule has 1 saturated heterocycles. The molecule has 0 bridgehead atoms. The van der Waals surface area contributed by atoms with E-state index in [4.69, 9.17) is 23.2 Å². The van der Waals surface area contributed by atoms with Crippen LogP contribution in [0.2, 0.25) is 10.0 Å². The number of carbonyl (C=O) groups excluding carboxylic acids is 1. The van der Waals surface area contributed by atoms with Gasteiger partial charge in [-0.15, -0.1) is 0 Å². The van der Waals surface area contributed by atoms with Crippen LogP contribution in [0, 0.1) is 0 Å². The first kappa shape index (κ1) is 12.7. The van der Waals surface area contributed by atoms with Gasteiger partial charge < -0.3 is 10.0 Å². The van der Waals surface area contributed by atoms with E-state index in [2.05, 4.69) is 0 Å². The second kappa shape index (κ2) is 5.25. The topological polar surface area (TPSA) is 40.5 Å². The minimum atomic E-state index is -0.517. The lowest BCUT2D eigenvalue weighted by molar-refractivity contribution is -0.127. The summed E-state index contributed by atoms with van der Waals surface area (Å²) in [5.41, 5.74) is 1.04. The summed E-state index contributed by atoms with van der Waals surface area (Å²) in [6, 6.07) is 5.45. The third-order valence-corrected chi connectivity index (χ3v) is 3.59. The Morgan fingerprint density at radius 2 is 2.12 bits per heavy atom. The van der Waals surface area contributed by atoms with Gasteiger partial charge in [0, 0.05) is 13.1 Å². The van der Waals surface area contributed by atoms with E-state index >= 15 is 0 Å². The normalized spacial score (nSPS) is 20.1. The predicted molar refractivity (Wildman–Crippen MR) is 67.4 cm³/mol. The van der Waals surface area contributed by atoms with E-state index in [0.717, 1.165) is 12.0 Å². The first-order valence-electron chi connectivity index (χ1n) is 5.46. The molecule has 1 atom stereocenters. The fraction of sp³-hybridized carbons (Fsp3) is 0.417. The molecular weight excluding hydrogens is 261 g/mol. The summed E-state index contributed by atoms with van der Waals surface area (Å²) in [7, 11) is 0. The van der Waals surface area contributed by atoms with E-state index < -0.39 is 6.10 Å². The van der Waals surface area contributed by atoms with Gasteiger partial charge in [-0.25, -0.2) is 0 Å². The first-order chi connectivity index (χ1) is 8.06. The van der Waals surface area contributed by atoms with Crippen LogP contribution in [0.1, 0.15) is 12.0 Å². The Labute approximate surface area is 110 Å². The molecule has 5 heteroatoms. The van der Waals surface area contributed by atoms with Crippen molar-refractivity contribution in [3.8, 4) is 0 Å². The molecule has 1 aliphatic rings. The number of hydrogen-bond acceptors (Lipinski definition) is 2. The third kappa shape index (κ3) is 3.12. The summed E-state index contributed by atoms with van der Waals surface area (Å²) in [5, 5.41) is 10.4. The van der Waals surface area contributed by atoms with Gasteiger partial charge in [0.1, 0.15) is 0 Å². The fourth-order valence-corrected chi connectivity index (χ4v) is 2.25. The summed E-state index contributed by atoms with van der Waals surface area (Å²) < 4.78 is 0. The molecule has 0 radical (unpaired) electrons. The van der Waals surface area contributed by atoms with Crippen molar-refractivity contribution in [1.29, 1.82) is 0 Å². The van der Waals surface area contributed by atoms with Crippen LogP contribution in [0.25, 0.3) is 0 Å². The molecule has 1 N–H and O–H groups in total. The Morgan fingerprint density at radius 3 is 2.71 bits per heavy atom. The molecule has 0 saturated carbocycles. The van der Waals surface area contributed by atoms with Gasteiger partial charge in [0.15, 0.2) is 0 Å².